The van der Waals surface area contributed by atoms with Gasteiger partial charge < -0.3 is 5.32 Å². The maximum atomic E-state index is 10.5. The number of hydrogen-bond donors (Lipinski definition) is 1. The van der Waals surface area contributed by atoms with Gasteiger partial charge in [-0.1, -0.05) is 36.5 Å². The fourth-order valence-electron chi connectivity index (χ4n) is 2.08. The lowest BCUT2D eigenvalue weighted by Gasteiger charge is -2.03. The SMILES string of the molecule is CC1C=CN=CC(c2ccc3nc(NC=O)sc3c2)=C1. The largest absolute Gasteiger partial charge is 0.305 e. The minimum absolute atomic E-state index is 0.358. The van der Waals surface area contributed by atoms with E-state index in [4.69, 9.17) is 0 Å². The van der Waals surface area contributed by atoms with Crippen molar-refractivity contribution in [3.63, 3.8) is 0 Å². The Bertz CT molecular complexity index is 743. The predicted octanol–water partition coefficient (Wildman–Crippen LogP) is 3.48. The van der Waals surface area contributed by atoms with Crippen molar-refractivity contribution >= 4 is 44.9 Å². The zero-order valence-corrected chi connectivity index (χ0v) is 11.7. The Morgan fingerprint density at radius 1 is 1.40 bits per heavy atom. The summed E-state index contributed by atoms with van der Waals surface area (Å²) in [5.41, 5.74) is 3.10. The van der Waals surface area contributed by atoms with Crippen LogP contribution in [0.25, 0.3) is 15.8 Å². The van der Waals surface area contributed by atoms with Gasteiger partial charge in [0, 0.05) is 12.4 Å². The number of hydrogen-bond acceptors (Lipinski definition) is 4. The summed E-state index contributed by atoms with van der Waals surface area (Å²) in [6.45, 7) is 2.13. The van der Waals surface area contributed by atoms with Crippen LogP contribution in [-0.4, -0.2) is 17.6 Å². The number of nitrogens with one attached hydrogen (secondary N) is 1. The van der Waals surface area contributed by atoms with Crippen LogP contribution in [0.5, 0.6) is 0 Å². The summed E-state index contributed by atoms with van der Waals surface area (Å²) in [6.07, 6.45) is 8.57. The summed E-state index contributed by atoms with van der Waals surface area (Å²) in [5.74, 6) is 0.358. The number of anilines is 1. The zero-order chi connectivity index (χ0) is 13.9. The number of benzene rings is 1. The first-order valence-electron chi connectivity index (χ1n) is 6.29. The Labute approximate surface area is 120 Å². The molecule has 1 amide bonds. The number of rotatable bonds is 3. The standard InChI is InChI=1S/C15H13N3OS/c1-10-4-5-16-8-12(6-10)11-2-3-13-14(7-11)20-15(18-13)17-9-19/h2-10H,1H3,(H,17,18,19). The lowest BCUT2D eigenvalue weighted by Crippen LogP contribution is -1.91. The molecule has 0 fully saturated rings. The van der Waals surface area contributed by atoms with E-state index in [-0.39, 0.29) is 0 Å². The molecule has 2 heterocycles. The third kappa shape index (κ3) is 2.53. The van der Waals surface area contributed by atoms with Crippen molar-refractivity contribution in [1.29, 1.82) is 0 Å². The van der Waals surface area contributed by atoms with Gasteiger partial charge in [0.25, 0.3) is 0 Å². The molecule has 0 radical (unpaired) electrons. The molecule has 1 aliphatic heterocycles. The monoisotopic (exact) mass is 283 g/mol. The van der Waals surface area contributed by atoms with Gasteiger partial charge in [0.2, 0.25) is 6.41 Å². The summed E-state index contributed by atoms with van der Waals surface area (Å²) in [5, 5.41) is 3.21. The summed E-state index contributed by atoms with van der Waals surface area (Å²) in [7, 11) is 0. The molecule has 0 saturated carbocycles. The van der Waals surface area contributed by atoms with Crippen molar-refractivity contribution in [3.05, 3.63) is 42.1 Å². The van der Waals surface area contributed by atoms with Gasteiger partial charge in [-0.25, -0.2) is 4.98 Å². The lowest BCUT2D eigenvalue weighted by molar-refractivity contribution is -0.105. The maximum Gasteiger partial charge on any atom is 0.213 e. The molecule has 0 aliphatic carbocycles. The number of carbonyl (C=O) groups is 1. The van der Waals surface area contributed by atoms with Crippen molar-refractivity contribution < 1.29 is 4.79 Å². The first-order valence-corrected chi connectivity index (χ1v) is 7.11. The summed E-state index contributed by atoms with van der Waals surface area (Å²) < 4.78 is 1.05. The molecule has 1 atom stereocenters. The van der Waals surface area contributed by atoms with E-state index < -0.39 is 0 Å². The molecule has 100 valence electrons. The van der Waals surface area contributed by atoms with E-state index >= 15 is 0 Å². The minimum Gasteiger partial charge on any atom is -0.305 e. The van der Waals surface area contributed by atoms with E-state index in [2.05, 4.69) is 40.4 Å². The van der Waals surface area contributed by atoms with Gasteiger partial charge in [-0.3, -0.25) is 9.79 Å². The number of thiazole rings is 1. The number of aromatic nitrogens is 1. The van der Waals surface area contributed by atoms with Crippen LogP contribution in [-0.2, 0) is 4.79 Å². The van der Waals surface area contributed by atoms with Crippen LogP contribution in [0.2, 0.25) is 0 Å². The molecule has 1 aromatic carbocycles. The van der Waals surface area contributed by atoms with Gasteiger partial charge in [-0.15, -0.1) is 0 Å². The molecule has 0 saturated heterocycles. The molecule has 5 heteroatoms. The molecule has 2 aromatic rings. The number of aliphatic imine (C=N–C) groups is 1. The van der Waals surface area contributed by atoms with Crippen LogP contribution in [0, 0.1) is 5.92 Å². The zero-order valence-electron chi connectivity index (χ0n) is 10.9. The van der Waals surface area contributed by atoms with Crippen molar-refractivity contribution in [2.45, 2.75) is 6.92 Å². The van der Waals surface area contributed by atoms with Crippen molar-refractivity contribution in [3.8, 4) is 0 Å². The number of fused-ring (bicyclic) bond motifs is 1. The van der Waals surface area contributed by atoms with E-state index in [9.17, 15) is 4.79 Å². The molecule has 4 nitrogen and oxygen atoms in total. The highest BCUT2D eigenvalue weighted by Crippen LogP contribution is 2.29. The minimum atomic E-state index is 0.358. The molecule has 3 rings (SSSR count). The second-order valence-corrected chi connectivity index (χ2v) is 5.60. The van der Waals surface area contributed by atoms with Crippen LogP contribution in [0.1, 0.15) is 12.5 Å². The van der Waals surface area contributed by atoms with Gasteiger partial charge in [0.1, 0.15) is 0 Å². The summed E-state index contributed by atoms with van der Waals surface area (Å²) in [6, 6.07) is 6.08. The van der Waals surface area contributed by atoms with Crippen molar-refractivity contribution in [1.82, 2.24) is 4.98 Å². The topological polar surface area (TPSA) is 54.4 Å². The Balaban J connectivity index is 2.02. The normalized spacial score (nSPS) is 17.9. The van der Waals surface area contributed by atoms with Crippen LogP contribution in [0.4, 0.5) is 5.13 Å². The quantitative estimate of drug-likeness (QED) is 0.877. The molecule has 0 spiro atoms. The molecule has 20 heavy (non-hydrogen) atoms. The highest BCUT2D eigenvalue weighted by molar-refractivity contribution is 7.22. The Kier molecular flexibility index (Phi) is 3.43. The molecule has 1 unspecified atom stereocenters. The molecule has 1 aliphatic rings. The average molecular weight is 283 g/mol. The van der Waals surface area contributed by atoms with Gasteiger partial charge in [-0.2, -0.15) is 0 Å². The molecule has 1 aromatic heterocycles. The molecular weight excluding hydrogens is 270 g/mol. The van der Waals surface area contributed by atoms with E-state index in [0.717, 1.165) is 21.4 Å². The fraction of sp³-hybridized carbons (Fsp3) is 0.133. The fourth-order valence-corrected chi connectivity index (χ4v) is 2.94. The number of nitrogens with zero attached hydrogens (tertiary/aromatic N) is 2. The Hall–Kier alpha value is -2.27. The van der Waals surface area contributed by atoms with Gasteiger partial charge >= 0.3 is 0 Å². The van der Waals surface area contributed by atoms with Crippen molar-refractivity contribution in [2.24, 2.45) is 10.9 Å². The van der Waals surface area contributed by atoms with Crippen LogP contribution < -0.4 is 5.32 Å². The van der Waals surface area contributed by atoms with Gasteiger partial charge in [-0.05, 0) is 29.2 Å². The van der Waals surface area contributed by atoms with E-state index in [1.807, 2.05) is 24.5 Å². The first kappa shape index (κ1) is 12.7. The smallest absolute Gasteiger partial charge is 0.213 e. The number of carbonyl (C=O) groups excluding carboxylic acids is 1. The highest BCUT2D eigenvalue weighted by Gasteiger charge is 2.08. The Morgan fingerprint density at radius 2 is 2.30 bits per heavy atom. The van der Waals surface area contributed by atoms with E-state index in [1.54, 1.807) is 0 Å². The van der Waals surface area contributed by atoms with Crippen LogP contribution >= 0.6 is 11.3 Å². The second kappa shape index (κ2) is 5.38. The van der Waals surface area contributed by atoms with Crippen LogP contribution in [0.3, 0.4) is 0 Å². The predicted molar refractivity (Wildman–Crippen MR) is 84.1 cm³/mol. The van der Waals surface area contributed by atoms with E-state index in [1.165, 1.54) is 11.3 Å². The third-order valence-corrected chi connectivity index (χ3v) is 3.99. The maximum absolute atomic E-state index is 10.5. The average Bonchev–Trinajstić information content (AvgIpc) is 2.71. The van der Waals surface area contributed by atoms with Crippen molar-refractivity contribution in [2.75, 3.05) is 5.32 Å². The second-order valence-electron chi connectivity index (χ2n) is 4.56. The van der Waals surface area contributed by atoms with Gasteiger partial charge in [0.05, 0.1) is 10.2 Å². The molecule has 0 bridgehead atoms. The summed E-state index contributed by atoms with van der Waals surface area (Å²) >= 11 is 1.47. The molecular formula is C15H13N3OS. The number of amides is 1. The third-order valence-electron chi connectivity index (χ3n) is 3.04. The Morgan fingerprint density at radius 3 is 3.15 bits per heavy atom. The highest BCUT2D eigenvalue weighted by atomic mass is 32.1. The number of allylic oxidation sites excluding steroid dienone is 3. The van der Waals surface area contributed by atoms with Gasteiger partial charge in [0.15, 0.2) is 5.13 Å². The lowest BCUT2D eigenvalue weighted by atomic mass is 10.0. The molecule has 1 N–H and O–H groups in total. The van der Waals surface area contributed by atoms with E-state index in [0.29, 0.717) is 17.5 Å². The summed E-state index contributed by atoms with van der Waals surface area (Å²) in [4.78, 5) is 19.0. The first-order chi connectivity index (χ1) is 9.76. The van der Waals surface area contributed by atoms with Crippen LogP contribution in [0.15, 0.2) is 41.5 Å².